The average Bonchev–Trinajstić information content (AvgIpc) is 3.07. The first-order valence-electron chi connectivity index (χ1n) is 17.0. The van der Waals surface area contributed by atoms with E-state index in [1.807, 2.05) is 65.0 Å². The fraction of sp³-hybridized carbons (Fsp3) is 0.583. The quantitative estimate of drug-likeness (QED) is 0.117. The van der Waals surface area contributed by atoms with E-state index in [1.54, 1.807) is 24.5 Å². The van der Waals surface area contributed by atoms with Gasteiger partial charge >= 0.3 is 6.09 Å². The summed E-state index contributed by atoms with van der Waals surface area (Å²) < 4.78 is 5.36. The number of aliphatic hydroxyl groups is 2. The van der Waals surface area contributed by atoms with Gasteiger partial charge in [0.2, 0.25) is 17.7 Å². The molecule has 12 heteroatoms. The minimum absolute atomic E-state index is 0.0192. The van der Waals surface area contributed by atoms with Crippen LogP contribution in [0, 0.1) is 11.8 Å². The van der Waals surface area contributed by atoms with Gasteiger partial charge in [-0.05, 0) is 41.9 Å². The van der Waals surface area contributed by atoms with Gasteiger partial charge in [-0.1, -0.05) is 90.3 Å². The van der Waals surface area contributed by atoms with E-state index in [4.69, 9.17) is 4.74 Å². The number of pyridine rings is 1. The summed E-state index contributed by atoms with van der Waals surface area (Å²) in [7, 11) is 0. The topological polar surface area (TPSA) is 179 Å². The molecule has 3 unspecified atom stereocenters. The number of carbonyl (C=O) groups excluding carboxylic acids is 4. The molecule has 0 bridgehead atoms. The Hall–Kier alpha value is -4.03. The molecule has 2 aromatic rings. The van der Waals surface area contributed by atoms with Gasteiger partial charge in [-0.2, -0.15) is 0 Å². The van der Waals surface area contributed by atoms with Crippen LogP contribution in [0.15, 0.2) is 54.9 Å². The third-order valence-electron chi connectivity index (χ3n) is 8.25. The number of nitrogens with one attached hydrogen (secondary N) is 4. The summed E-state index contributed by atoms with van der Waals surface area (Å²) in [6.07, 6.45) is 3.94. The van der Waals surface area contributed by atoms with Crippen molar-refractivity contribution in [2.24, 2.45) is 11.8 Å². The van der Waals surface area contributed by atoms with Gasteiger partial charge in [0.15, 0.2) is 0 Å². The highest BCUT2D eigenvalue weighted by atomic mass is 16.5. The van der Waals surface area contributed by atoms with E-state index in [1.165, 1.54) is 0 Å². The van der Waals surface area contributed by atoms with Crippen molar-refractivity contribution < 1.29 is 34.1 Å². The van der Waals surface area contributed by atoms with E-state index in [9.17, 15) is 29.4 Å². The predicted molar refractivity (Wildman–Crippen MR) is 183 cm³/mol. The molecule has 0 fully saturated rings. The Morgan fingerprint density at radius 2 is 1.54 bits per heavy atom. The molecule has 6 N–H and O–H groups in total. The number of alkyl carbamates (subject to hydrolysis) is 1. The lowest BCUT2D eigenvalue weighted by Gasteiger charge is -2.29. The van der Waals surface area contributed by atoms with Crippen molar-refractivity contribution in [1.82, 2.24) is 26.3 Å². The molecule has 6 atom stereocenters. The zero-order chi connectivity index (χ0) is 35.5. The van der Waals surface area contributed by atoms with Gasteiger partial charge in [0, 0.05) is 18.8 Å². The molecule has 1 aromatic carbocycles. The Labute approximate surface area is 284 Å². The number of rotatable bonds is 21. The molecule has 0 aliphatic heterocycles. The number of amides is 4. The van der Waals surface area contributed by atoms with Crippen molar-refractivity contribution in [1.29, 1.82) is 0 Å². The molecule has 0 radical (unpaired) electrons. The van der Waals surface area contributed by atoms with E-state index >= 15 is 0 Å². The van der Waals surface area contributed by atoms with E-state index in [2.05, 4.69) is 26.3 Å². The molecule has 0 aliphatic rings. The van der Waals surface area contributed by atoms with Crippen LogP contribution < -0.4 is 21.3 Å². The number of nitrogens with zero attached hydrogens (tertiary/aromatic N) is 1. The summed E-state index contributed by atoms with van der Waals surface area (Å²) in [5, 5.41) is 31.9. The monoisotopic (exact) mass is 669 g/mol. The van der Waals surface area contributed by atoms with Crippen LogP contribution in [0.4, 0.5) is 4.79 Å². The van der Waals surface area contributed by atoms with Crippen molar-refractivity contribution in [2.45, 2.75) is 116 Å². The van der Waals surface area contributed by atoms with Crippen molar-refractivity contribution in [3.8, 4) is 0 Å². The molecule has 0 aliphatic carbocycles. The Kier molecular flexibility index (Phi) is 18.2. The van der Waals surface area contributed by atoms with Gasteiger partial charge in [-0.15, -0.1) is 0 Å². The summed E-state index contributed by atoms with van der Waals surface area (Å²) in [4.78, 5) is 57.0. The third-order valence-corrected chi connectivity index (χ3v) is 8.25. The number of aliphatic hydroxyl groups excluding tert-OH is 2. The second kappa shape index (κ2) is 21.8. The molecular weight excluding hydrogens is 614 g/mol. The molecule has 2 rings (SSSR count). The fourth-order valence-electron chi connectivity index (χ4n) is 5.17. The second-order valence-corrected chi connectivity index (χ2v) is 12.8. The summed E-state index contributed by atoms with van der Waals surface area (Å²) in [5.41, 5.74) is 1.49. The Balaban J connectivity index is 2.17. The largest absolute Gasteiger partial charge is 0.445 e. The first-order valence-corrected chi connectivity index (χ1v) is 17.0. The zero-order valence-electron chi connectivity index (χ0n) is 29.0. The number of unbranched alkanes of at least 4 members (excludes halogenated alkanes) is 1. The van der Waals surface area contributed by atoms with E-state index in [0.717, 1.165) is 18.4 Å². The van der Waals surface area contributed by atoms with Crippen LogP contribution >= 0.6 is 0 Å². The smallest absolute Gasteiger partial charge is 0.408 e. The Morgan fingerprint density at radius 3 is 2.15 bits per heavy atom. The van der Waals surface area contributed by atoms with Crippen LogP contribution in [0.3, 0.4) is 0 Å². The normalized spacial score (nSPS) is 14.9. The lowest BCUT2D eigenvalue weighted by atomic mass is 9.95. The highest BCUT2D eigenvalue weighted by Gasteiger charge is 2.31. The highest BCUT2D eigenvalue weighted by Crippen LogP contribution is 2.14. The SMILES string of the molecule is CCCC[C@H](NC(=O)[C@H](Cc1cccnc1)NC(=O)OCc1ccccc1)C(=O)NC(CC(C)C)C(O)CC(=O)N[C@H](CO)C(C)CC. The minimum Gasteiger partial charge on any atom is -0.445 e. The molecule has 1 aromatic heterocycles. The third kappa shape index (κ3) is 14.8. The summed E-state index contributed by atoms with van der Waals surface area (Å²) in [6, 6.07) is 9.42. The lowest BCUT2D eigenvalue weighted by Crippen LogP contribution is -2.57. The molecule has 4 amide bonds. The summed E-state index contributed by atoms with van der Waals surface area (Å²) >= 11 is 0. The number of carbonyl (C=O) groups is 4. The van der Waals surface area contributed by atoms with Crippen LogP contribution in [0.25, 0.3) is 0 Å². The van der Waals surface area contributed by atoms with Crippen LogP contribution in [0.1, 0.15) is 84.3 Å². The molecule has 12 nitrogen and oxygen atoms in total. The maximum Gasteiger partial charge on any atom is 0.408 e. The van der Waals surface area contributed by atoms with E-state index in [0.29, 0.717) is 24.8 Å². The second-order valence-electron chi connectivity index (χ2n) is 12.8. The predicted octanol–water partition coefficient (Wildman–Crippen LogP) is 3.40. The average molecular weight is 670 g/mol. The lowest BCUT2D eigenvalue weighted by molar-refractivity contribution is -0.131. The number of ether oxygens (including phenoxy) is 1. The van der Waals surface area contributed by atoms with Gasteiger partial charge in [0.05, 0.1) is 31.2 Å². The van der Waals surface area contributed by atoms with Gasteiger partial charge in [-0.3, -0.25) is 19.4 Å². The standard InChI is InChI=1S/C36H55N5O7/c1-6-8-16-28(34(45)40-29(18-24(3)4)32(43)20-33(44)38-31(22-42)25(5)7-2)39-35(46)30(19-27-15-12-17-37-21-27)41-36(47)48-23-26-13-10-9-11-14-26/h9-15,17,21,24-25,28-32,42-43H,6-8,16,18-20,22-23H2,1-5H3,(H,38,44)(H,39,46)(H,40,45)(H,41,47)/t25?,28-,29?,30-,31+,32?/m0/s1. The van der Waals surface area contributed by atoms with Crippen LogP contribution in [0.5, 0.6) is 0 Å². The minimum atomic E-state index is -1.20. The molecule has 266 valence electrons. The van der Waals surface area contributed by atoms with Crippen molar-refractivity contribution >= 4 is 23.8 Å². The van der Waals surface area contributed by atoms with Gasteiger partial charge in [0.25, 0.3) is 0 Å². The van der Waals surface area contributed by atoms with E-state index < -0.39 is 54.1 Å². The first-order chi connectivity index (χ1) is 23.0. The summed E-state index contributed by atoms with van der Waals surface area (Å²) in [5.74, 6) is -1.37. The molecule has 0 spiro atoms. The molecule has 0 saturated carbocycles. The van der Waals surface area contributed by atoms with E-state index in [-0.39, 0.29) is 37.9 Å². The molecule has 1 heterocycles. The van der Waals surface area contributed by atoms with Crippen molar-refractivity contribution in [3.05, 3.63) is 66.0 Å². The number of aromatic nitrogens is 1. The Morgan fingerprint density at radius 1 is 0.854 bits per heavy atom. The van der Waals surface area contributed by atoms with Gasteiger partial charge in [-0.25, -0.2) is 4.79 Å². The van der Waals surface area contributed by atoms with Crippen LogP contribution in [0.2, 0.25) is 0 Å². The van der Waals surface area contributed by atoms with Crippen molar-refractivity contribution in [2.75, 3.05) is 6.61 Å². The Bertz CT molecular complexity index is 1250. The van der Waals surface area contributed by atoms with Crippen LogP contribution in [-0.4, -0.2) is 75.9 Å². The van der Waals surface area contributed by atoms with Crippen molar-refractivity contribution in [3.63, 3.8) is 0 Å². The molecule has 0 saturated heterocycles. The summed E-state index contributed by atoms with van der Waals surface area (Å²) in [6.45, 7) is 9.54. The number of hydrogen-bond donors (Lipinski definition) is 6. The maximum absolute atomic E-state index is 13.7. The highest BCUT2D eigenvalue weighted by molar-refractivity contribution is 5.91. The maximum atomic E-state index is 13.7. The number of hydrogen-bond acceptors (Lipinski definition) is 8. The van der Waals surface area contributed by atoms with Gasteiger partial charge in [0.1, 0.15) is 18.7 Å². The van der Waals surface area contributed by atoms with Crippen LogP contribution in [-0.2, 0) is 32.1 Å². The fourth-order valence-corrected chi connectivity index (χ4v) is 5.17. The zero-order valence-corrected chi connectivity index (χ0v) is 29.0. The first kappa shape index (κ1) is 40.1. The number of benzene rings is 1. The van der Waals surface area contributed by atoms with Gasteiger partial charge < -0.3 is 36.2 Å². The molecule has 48 heavy (non-hydrogen) atoms. The molecular formula is C36H55N5O7.